The van der Waals surface area contributed by atoms with E-state index in [0.29, 0.717) is 35.9 Å². The molecule has 0 spiro atoms. The SMILES string of the molecule is Cc1ccc(OCCOc2ccc(/C=C(/C#N)C(=O)Nc3nnc(S(C)(=O)=O)s3)cc2)c(C)c1. The second kappa shape index (κ2) is 10.9. The van der Waals surface area contributed by atoms with Crippen molar-refractivity contribution in [2.24, 2.45) is 0 Å². The first-order chi connectivity index (χ1) is 16.2. The molecule has 1 aromatic heterocycles. The van der Waals surface area contributed by atoms with Gasteiger partial charge in [-0.1, -0.05) is 41.2 Å². The summed E-state index contributed by atoms with van der Waals surface area (Å²) in [7, 11) is -3.53. The Kier molecular flexibility index (Phi) is 7.99. The van der Waals surface area contributed by atoms with Crippen molar-refractivity contribution in [2.45, 2.75) is 18.2 Å². The van der Waals surface area contributed by atoms with Gasteiger partial charge in [0.1, 0.15) is 36.4 Å². The molecule has 0 radical (unpaired) electrons. The highest BCUT2D eigenvalue weighted by atomic mass is 32.2. The summed E-state index contributed by atoms with van der Waals surface area (Å²) in [4.78, 5) is 12.4. The number of carbonyl (C=O) groups is 1. The van der Waals surface area contributed by atoms with Crippen molar-refractivity contribution in [3.8, 4) is 17.6 Å². The second-order valence-electron chi connectivity index (χ2n) is 7.30. The standard InChI is InChI=1S/C23H22N4O5S2/c1-15-4-9-20(16(2)12-15)32-11-10-31-19-7-5-17(6-8-19)13-18(14-24)21(28)25-22-26-27-23(33-22)34(3,29)30/h4-9,12-13H,10-11H2,1-3H3,(H,25,26,28)/b18-13-. The number of nitriles is 1. The van der Waals surface area contributed by atoms with Gasteiger partial charge in [-0.15, -0.1) is 10.2 Å². The third-order valence-corrected chi connectivity index (χ3v) is 6.95. The van der Waals surface area contributed by atoms with Crippen molar-refractivity contribution >= 4 is 38.3 Å². The smallest absolute Gasteiger partial charge is 0.268 e. The van der Waals surface area contributed by atoms with E-state index in [1.165, 1.54) is 11.6 Å². The zero-order valence-corrected chi connectivity index (χ0v) is 20.4. The third kappa shape index (κ3) is 6.87. The summed E-state index contributed by atoms with van der Waals surface area (Å²) in [5.74, 6) is 0.715. The first kappa shape index (κ1) is 24.9. The van der Waals surface area contributed by atoms with E-state index in [1.807, 2.05) is 32.0 Å². The molecule has 0 bridgehead atoms. The molecule has 0 aliphatic carbocycles. The third-order valence-electron chi connectivity index (χ3n) is 4.44. The Balaban J connectivity index is 1.55. The molecule has 3 rings (SSSR count). The van der Waals surface area contributed by atoms with Gasteiger partial charge in [0.15, 0.2) is 0 Å². The minimum Gasteiger partial charge on any atom is -0.490 e. The average molecular weight is 499 g/mol. The van der Waals surface area contributed by atoms with Crippen LogP contribution in [0.2, 0.25) is 0 Å². The minimum absolute atomic E-state index is 0.0154. The van der Waals surface area contributed by atoms with Crippen LogP contribution in [-0.4, -0.2) is 44.0 Å². The molecule has 3 aromatic rings. The Morgan fingerprint density at radius 2 is 1.82 bits per heavy atom. The Bertz CT molecular complexity index is 1360. The lowest BCUT2D eigenvalue weighted by molar-refractivity contribution is -0.112. The van der Waals surface area contributed by atoms with Crippen LogP contribution in [0.4, 0.5) is 5.13 Å². The van der Waals surface area contributed by atoms with Crippen LogP contribution in [0.1, 0.15) is 16.7 Å². The summed E-state index contributed by atoms with van der Waals surface area (Å²) >= 11 is 0.708. The summed E-state index contributed by atoms with van der Waals surface area (Å²) in [6.07, 6.45) is 2.39. The van der Waals surface area contributed by atoms with E-state index in [-0.39, 0.29) is 15.0 Å². The van der Waals surface area contributed by atoms with Crippen LogP contribution >= 0.6 is 11.3 Å². The van der Waals surface area contributed by atoms with E-state index in [1.54, 1.807) is 24.3 Å². The number of benzene rings is 2. The molecular formula is C23H22N4O5S2. The van der Waals surface area contributed by atoms with Crippen LogP contribution in [0.25, 0.3) is 6.08 Å². The zero-order chi connectivity index (χ0) is 24.7. The lowest BCUT2D eigenvalue weighted by Gasteiger charge is -2.11. The van der Waals surface area contributed by atoms with Crippen LogP contribution in [0.15, 0.2) is 52.4 Å². The number of sulfone groups is 1. The van der Waals surface area contributed by atoms with E-state index < -0.39 is 15.7 Å². The molecule has 9 nitrogen and oxygen atoms in total. The Morgan fingerprint density at radius 3 is 2.44 bits per heavy atom. The molecule has 0 aliphatic rings. The number of nitrogens with zero attached hydrogens (tertiary/aromatic N) is 3. The molecule has 0 atom stereocenters. The van der Waals surface area contributed by atoms with Crippen LogP contribution in [-0.2, 0) is 14.6 Å². The predicted molar refractivity (Wildman–Crippen MR) is 129 cm³/mol. The van der Waals surface area contributed by atoms with Crippen molar-refractivity contribution < 1.29 is 22.7 Å². The molecule has 1 amide bonds. The number of aromatic nitrogens is 2. The molecule has 176 valence electrons. The van der Waals surface area contributed by atoms with Gasteiger partial charge in [0.05, 0.1) is 0 Å². The summed E-state index contributed by atoms with van der Waals surface area (Å²) in [5.41, 5.74) is 2.68. The number of aryl methyl sites for hydroxylation is 2. The number of hydrogen-bond acceptors (Lipinski definition) is 9. The number of hydrogen-bond donors (Lipinski definition) is 1. The fourth-order valence-corrected chi connectivity index (χ4v) is 4.33. The van der Waals surface area contributed by atoms with Gasteiger partial charge in [0.2, 0.25) is 19.3 Å². The molecule has 0 aliphatic heterocycles. The predicted octanol–water partition coefficient (Wildman–Crippen LogP) is 3.56. The van der Waals surface area contributed by atoms with Crippen LogP contribution in [0, 0.1) is 25.2 Å². The molecule has 0 unspecified atom stereocenters. The summed E-state index contributed by atoms with van der Waals surface area (Å²) < 4.78 is 34.2. The second-order valence-corrected chi connectivity index (χ2v) is 10.5. The minimum atomic E-state index is -3.53. The Hall–Kier alpha value is -3.75. The number of amides is 1. The maximum absolute atomic E-state index is 12.4. The highest BCUT2D eigenvalue weighted by Crippen LogP contribution is 2.21. The quantitative estimate of drug-likeness (QED) is 0.205. The first-order valence-electron chi connectivity index (χ1n) is 10.1. The van der Waals surface area contributed by atoms with Crippen LogP contribution in [0.3, 0.4) is 0 Å². The van der Waals surface area contributed by atoms with Gasteiger partial charge in [-0.2, -0.15) is 5.26 Å². The number of nitrogens with one attached hydrogen (secondary N) is 1. The van der Waals surface area contributed by atoms with E-state index >= 15 is 0 Å². The van der Waals surface area contributed by atoms with Crippen LogP contribution in [0.5, 0.6) is 11.5 Å². The highest BCUT2D eigenvalue weighted by molar-refractivity contribution is 7.92. The van der Waals surface area contributed by atoms with Gasteiger partial charge in [-0.25, -0.2) is 8.42 Å². The molecule has 2 aromatic carbocycles. The Labute approximate surface area is 201 Å². The van der Waals surface area contributed by atoms with Crippen molar-refractivity contribution in [3.05, 3.63) is 64.7 Å². The molecule has 0 fully saturated rings. The van der Waals surface area contributed by atoms with E-state index in [0.717, 1.165) is 17.6 Å². The van der Waals surface area contributed by atoms with Crippen LogP contribution < -0.4 is 14.8 Å². The molecule has 1 N–H and O–H groups in total. The molecular weight excluding hydrogens is 476 g/mol. The van der Waals surface area contributed by atoms with Gasteiger partial charge in [-0.05, 0) is 49.2 Å². The lowest BCUT2D eigenvalue weighted by Crippen LogP contribution is -2.13. The number of anilines is 1. The molecule has 0 saturated heterocycles. The maximum atomic E-state index is 12.4. The number of carbonyl (C=O) groups excluding carboxylic acids is 1. The Morgan fingerprint density at radius 1 is 1.12 bits per heavy atom. The van der Waals surface area contributed by atoms with E-state index in [4.69, 9.17) is 9.47 Å². The zero-order valence-electron chi connectivity index (χ0n) is 18.7. The van der Waals surface area contributed by atoms with Crippen molar-refractivity contribution in [2.75, 3.05) is 24.8 Å². The summed E-state index contributed by atoms with van der Waals surface area (Å²) in [6, 6.07) is 14.7. The fourth-order valence-electron chi connectivity index (χ4n) is 2.82. The topological polar surface area (TPSA) is 131 Å². The van der Waals surface area contributed by atoms with Crippen molar-refractivity contribution in [1.29, 1.82) is 5.26 Å². The molecule has 0 saturated carbocycles. The van der Waals surface area contributed by atoms with E-state index in [9.17, 15) is 18.5 Å². The van der Waals surface area contributed by atoms with Gasteiger partial charge < -0.3 is 9.47 Å². The van der Waals surface area contributed by atoms with Gasteiger partial charge in [0.25, 0.3) is 5.91 Å². The average Bonchev–Trinajstić information content (AvgIpc) is 3.26. The molecule has 34 heavy (non-hydrogen) atoms. The van der Waals surface area contributed by atoms with Crippen molar-refractivity contribution in [1.82, 2.24) is 10.2 Å². The monoisotopic (exact) mass is 498 g/mol. The number of rotatable bonds is 9. The van der Waals surface area contributed by atoms with Gasteiger partial charge >= 0.3 is 0 Å². The van der Waals surface area contributed by atoms with Crippen molar-refractivity contribution in [3.63, 3.8) is 0 Å². The normalized spacial score (nSPS) is 11.5. The lowest BCUT2D eigenvalue weighted by atomic mass is 10.1. The van der Waals surface area contributed by atoms with Gasteiger partial charge in [0, 0.05) is 6.26 Å². The summed E-state index contributed by atoms with van der Waals surface area (Å²) in [6.45, 7) is 4.76. The maximum Gasteiger partial charge on any atom is 0.268 e. The molecule has 11 heteroatoms. The largest absolute Gasteiger partial charge is 0.490 e. The highest BCUT2D eigenvalue weighted by Gasteiger charge is 2.17. The van der Waals surface area contributed by atoms with E-state index in [2.05, 4.69) is 21.6 Å². The molecule has 1 heterocycles. The van der Waals surface area contributed by atoms with Gasteiger partial charge in [-0.3, -0.25) is 10.1 Å². The fraction of sp³-hybridized carbons (Fsp3) is 0.217. The number of ether oxygens (including phenoxy) is 2. The first-order valence-corrected chi connectivity index (χ1v) is 12.8. The summed E-state index contributed by atoms with van der Waals surface area (Å²) in [5, 5.41) is 18.8.